The lowest BCUT2D eigenvalue weighted by atomic mass is 10.1. The highest BCUT2D eigenvalue weighted by Crippen LogP contribution is 2.14. The van der Waals surface area contributed by atoms with E-state index in [1.54, 1.807) is 7.05 Å². The van der Waals surface area contributed by atoms with Crippen LogP contribution in [-0.4, -0.2) is 44.0 Å². The van der Waals surface area contributed by atoms with Crippen LogP contribution in [0, 0.1) is 5.92 Å². The maximum absolute atomic E-state index is 12.8. The van der Waals surface area contributed by atoms with Crippen molar-refractivity contribution in [3.8, 4) is 0 Å². The van der Waals surface area contributed by atoms with Crippen molar-refractivity contribution in [3.05, 3.63) is 26.7 Å². The summed E-state index contributed by atoms with van der Waals surface area (Å²) in [6.07, 6.45) is 1.36. The van der Waals surface area contributed by atoms with Gasteiger partial charge in [0.15, 0.2) is 17.0 Å². The number of morpholine rings is 1. The number of hydrogen-bond acceptors (Lipinski definition) is 4. The molecular formula is C19H32N5O3+. The normalized spacial score (nSPS) is 23.4. The number of ether oxygens (including phenoxy) is 1. The molecule has 8 heteroatoms. The minimum absolute atomic E-state index is 0.203. The Morgan fingerprint density at radius 2 is 1.78 bits per heavy atom. The Labute approximate surface area is 159 Å². The fraction of sp³-hybridized carbons (Fsp3) is 0.737. The SMILES string of the molecule is CC(C)CCn1c(C[NH+]2C[C@H](C)O[C@@H](C)C2)nc2c1c(=O)n(C)c(=O)n2C. The molecule has 2 atom stereocenters. The highest BCUT2D eigenvalue weighted by molar-refractivity contribution is 5.71. The van der Waals surface area contributed by atoms with Crippen LogP contribution < -0.4 is 16.1 Å². The van der Waals surface area contributed by atoms with Gasteiger partial charge in [0.05, 0.1) is 0 Å². The lowest BCUT2D eigenvalue weighted by Crippen LogP contribution is -3.14. The van der Waals surface area contributed by atoms with Crippen molar-refractivity contribution in [2.75, 3.05) is 13.1 Å². The number of imidazole rings is 1. The third kappa shape index (κ3) is 3.87. The molecule has 0 radical (unpaired) electrons. The van der Waals surface area contributed by atoms with E-state index in [1.165, 1.54) is 21.1 Å². The van der Waals surface area contributed by atoms with Gasteiger partial charge in [-0.3, -0.25) is 13.9 Å². The van der Waals surface area contributed by atoms with Gasteiger partial charge in [-0.1, -0.05) is 13.8 Å². The first-order valence-corrected chi connectivity index (χ1v) is 9.83. The Bertz CT molecular complexity index is 929. The molecule has 27 heavy (non-hydrogen) atoms. The van der Waals surface area contributed by atoms with Gasteiger partial charge in [-0.15, -0.1) is 0 Å². The van der Waals surface area contributed by atoms with E-state index in [2.05, 4.69) is 27.7 Å². The molecule has 0 saturated carbocycles. The summed E-state index contributed by atoms with van der Waals surface area (Å²) in [7, 11) is 3.21. The molecule has 1 aliphatic rings. The predicted octanol–water partition coefficient (Wildman–Crippen LogP) is -0.328. The van der Waals surface area contributed by atoms with Crippen LogP contribution in [0.4, 0.5) is 0 Å². The number of rotatable bonds is 5. The first kappa shape index (κ1) is 19.8. The third-order valence-electron chi connectivity index (χ3n) is 5.38. The standard InChI is InChI=1S/C19H31N5O3/c1-12(2)7-8-24-15(11-23-9-13(3)27-14(4)10-23)20-17-16(24)18(25)22(6)19(26)21(17)5/h12-14H,7-11H2,1-6H3/p+1/t13-,14-/m0/s1. The summed E-state index contributed by atoms with van der Waals surface area (Å²) in [4.78, 5) is 31.3. The number of aryl methyl sites for hydroxylation is 2. The molecule has 2 aromatic heterocycles. The molecule has 0 unspecified atom stereocenters. The molecule has 1 aliphatic heterocycles. The van der Waals surface area contributed by atoms with Gasteiger partial charge in [0.1, 0.15) is 31.8 Å². The Morgan fingerprint density at radius 3 is 2.37 bits per heavy atom. The van der Waals surface area contributed by atoms with E-state index in [0.717, 1.165) is 38.4 Å². The summed E-state index contributed by atoms with van der Waals surface area (Å²) in [5.41, 5.74) is 0.405. The van der Waals surface area contributed by atoms with Crippen molar-refractivity contribution in [3.63, 3.8) is 0 Å². The molecule has 1 saturated heterocycles. The maximum atomic E-state index is 12.8. The monoisotopic (exact) mass is 378 g/mol. The molecule has 0 bridgehead atoms. The molecular weight excluding hydrogens is 346 g/mol. The van der Waals surface area contributed by atoms with Crippen LogP contribution in [0.5, 0.6) is 0 Å². The molecule has 3 heterocycles. The fourth-order valence-corrected chi connectivity index (χ4v) is 4.01. The molecule has 0 aromatic carbocycles. The van der Waals surface area contributed by atoms with Gasteiger partial charge in [0, 0.05) is 20.6 Å². The van der Waals surface area contributed by atoms with Crippen molar-refractivity contribution in [1.82, 2.24) is 18.7 Å². The second-order valence-electron chi connectivity index (χ2n) is 8.33. The van der Waals surface area contributed by atoms with E-state index in [-0.39, 0.29) is 23.5 Å². The Kier molecular flexibility index (Phi) is 5.58. The summed E-state index contributed by atoms with van der Waals surface area (Å²) in [5.74, 6) is 1.39. The predicted molar refractivity (Wildman–Crippen MR) is 104 cm³/mol. The van der Waals surface area contributed by atoms with Gasteiger partial charge in [0.25, 0.3) is 5.56 Å². The molecule has 0 spiro atoms. The second kappa shape index (κ2) is 7.59. The molecule has 150 valence electrons. The number of hydrogen-bond donors (Lipinski definition) is 1. The lowest BCUT2D eigenvalue weighted by Gasteiger charge is -2.32. The van der Waals surface area contributed by atoms with Crippen LogP contribution in [0.2, 0.25) is 0 Å². The second-order valence-corrected chi connectivity index (χ2v) is 8.33. The van der Waals surface area contributed by atoms with E-state index in [0.29, 0.717) is 17.1 Å². The van der Waals surface area contributed by atoms with Gasteiger partial charge in [-0.05, 0) is 26.2 Å². The minimum atomic E-state index is -0.339. The first-order valence-electron chi connectivity index (χ1n) is 9.83. The molecule has 8 nitrogen and oxygen atoms in total. The summed E-state index contributed by atoms with van der Waals surface area (Å²) < 4.78 is 10.5. The number of aromatic nitrogens is 4. The maximum Gasteiger partial charge on any atom is 0.332 e. The van der Waals surface area contributed by atoms with Gasteiger partial charge >= 0.3 is 5.69 Å². The Balaban J connectivity index is 2.09. The molecule has 0 aliphatic carbocycles. The average molecular weight is 378 g/mol. The summed E-state index contributed by atoms with van der Waals surface area (Å²) in [5, 5.41) is 0. The quantitative estimate of drug-likeness (QED) is 0.773. The smallest absolute Gasteiger partial charge is 0.332 e. The molecule has 3 rings (SSSR count). The summed E-state index contributed by atoms with van der Waals surface area (Å²) in [6.45, 7) is 11.8. The van der Waals surface area contributed by atoms with Crippen LogP contribution in [0.15, 0.2) is 9.59 Å². The zero-order chi connectivity index (χ0) is 19.9. The highest BCUT2D eigenvalue weighted by Gasteiger charge is 2.28. The highest BCUT2D eigenvalue weighted by atomic mass is 16.5. The zero-order valence-electron chi connectivity index (χ0n) is 17.3. The molecule has 1 N–H and O–H groups in total. The van der Waals surface area contributed by atoms with Gasteiger partial charge in [0.2, 0.25) is 0 Å². The van der Waals surface area contributed by atoms with E-state index in [1.807, 2.05) is 4.57 Å². The Hall–Kier alpha value is -1.93. The number of nitrogens with one attached hydrogen (secondary N) is 1. The van der Waals surface area contributed by atoms with E-state index in [9.17, 15) is 9.59 Å². The van der Waals surface area contributed by atoms with Gasteiger partial charge in [-0.25, -0.2) is 9.78 Å². The van der Waals surface area contributed by atoms with Crippen LogP contribution in [0.25, 0.3) is 11.2 Å². The number of nitrogens with zero attached hydrogens (tertiary/aromatic N) is 4. The van der Waals surface area contributed by atoms with Crippen LogP contribution >= 0.6 is 0 Å². The van der Waals surface area contributed by atoms with Gasteiger partial charge in [-0.2, -0.15) is 0 Å². The third-order valence-corrected chi connectivity index (χ3v) is 5.38. The topological polar surface area (TPSA) is 75.5 Å². The molecule has 0 amide bonds. The zero-order valence-corrected chi connectivity index (χ0v) is 17.3. The minimum Gasteiger partial charge on any atom is -0.364 e. The Morgan fingerprint density at radius 1 is 1.15 bits per heavy atom. The largest absolute Gasteiger partial charge is 0.364 e. The number of fused-ring (bicyclic) bond motifs is 1. The van der Waals surface area contributed by atoms with Crippen molar-refractivity contribution in [1.29, 1.82) is 0 Å². The van der Waals surface area contributed by atoms with Crippen molar-refractivity contribution in [2.24, 2.45) is 20.0 Å². The number of quaternary nitrogens is 1. The van der Waals surface area contributed by atoms with Crippen LogP contribution in [-0.2, 0) is 31.9 Å². The summed E-state index contributed by atoms with van der Waals surface area (Å²) >= 11 is 0. The fourth-order valence-electron chi connectivity index (χ4n) is 4.01. The average Bonchev–Trinajstić information content (AvgIpc) is 2.93. The molecule has 1 fully saturated rings. The lowest BCUT2D eigenvalue weighted by molar-refractivity contribution is -0.929. The van der Waals surface area contributed by atoms with E-state index < -0.39 is 0 Å². The van der Waals surface area contributed by atoms with Crippen molar-refractivity contribution in [2.45, 2.75) is 59.4 Å². The van der Waals surface area contributed by atoms with Crippen LogP contribution in [0.3, 0.4) is 0 Å². The van der Waals surface area contributed by atoms with Crippen LogP contribution in [0.1, 0.15) is 39.9 Å². The summed E-state index contributed by atoms with van der Waals surface area (Å²) in [6, 6.07) is 0. The van der Waals surface area contributed by atoms with E-state index >= 15 is 0 Å². The molecule has 2 aromatic rings. The van der Waals surface area contributed by atoms with Crippen molar-refractivity contribution >= 4 is 11.2 Å². The first-order chi connectivity index (χ1) is 12.7. The van der Waals surface area contributed by atoms with Crippen molar-refractivity contribution < 1.29 is 9.64 Å². The van der Waals surface area contributed by atoms with E-state index in [4.69, 9.17) is 9.72 Å². The van der Waals surface area contributed by atoms with Gasteiger partial charge < -0.3 is 14.2 Å².